The molecule has 11 rings (SSSR count). The molecule has 0 fully saturated rings. The second-order valence-corrected chi connectivity index (χ2v) is 14.0. The molecule has 5 heteroatoms. The number of aromatic nitrogens is 1. The van der Waals surface area contributed by atoms with Gasteiger partial charge in [-0.2, -0.15) is 0 Å². The normalized spacial score (nSPS) is 14.4. The van der Waals surface area contributed by atoms with E-state index in [1.807, 2.05) is 36.5 Å². The molecule has 1 N–H and O–H groups in total. The van der Waals surface area contributed by atoms with Crippen LogP contribution in [0.4, 0.5) is 0 Å². The maximum absolute atomic E-state index is 6.22. The molecular formula is C50H32N4O. The lowest BCUT2D eigenvalue weighted by Gasteiger charge is -2.25. The van der Waals surface area contributed by atoms with Crippen LogP contribution in [0.5, 0.6) is 0 Å². The zero-order chi connectivity index (χ0) is 36.3. The van der Waals surface area contributed by atoms with Gasteiger partial charge in [0.25, 0.3) is 0 Å². The Morgan fingerprint density at radius 1 is 0.473 bits per heavy atom. The third-order valence-electron chi connectivity index (χ3n) is 10.8. The van der Waals surface area contributed by atoms with E-state index in [2.05, 4.69) is 150 Å². The molecule has 8 aromatic carbocycles. The summed E-state index contributed by atoms with van der Waals surface area (Å²) in [6, 6.07) is 60.0. The van der Waals surface area contributed by atoms with Crippen molar-refractivity contribution in [3.05, 3.63) is 199 Å². The van der Waals surface area contributed by atoms with E-state index in [1.165, 1.54) is 38.2 Å². The molecule has 55 heavy (non-hydrogen) atoms. The van der Waals surface area contributed by atoms with Crippen LogP contribution in [-0.4, -0.2) is 16.7 Å². The summed E-state index contributed by atoms with van der Waals surface area (Å²) in [6.07, 6.45) is 3.31. The van der Waals surface area contributed by atoms with Crippen molar-refractivity contribution in [3.63, 3.8) is 0 Å². The van der Waals surface area contributed by atoms with Gasteiger partial charge < -0.3 is 9.73 Å². The number of rotatable bonds is 5. The van der Waals surface area contributed by atoms with Gasteiger partial charge in [0.2, 0.25) is 0 Å². The Morgan fingerprint density at radius 3 is 1.85 bits per heavy atom. The van der Waals surface area contributed by atoms with Crippen LogP contribution in [0.15, 0.2) is 197 Å². The smallest absolute Gasteiger partial charge is 0.159 e. The van der Waals surface area contributed by atoms with E-state index in [0.717, 1.165) is 60.8 Å². The number of aliphatic imine (C=N–C) groups is 2. The first-order valence-electron chi connectivity index (χ1n) is 18.5. The lowest BCUT2D eigenvalue weighted by Crippen LogP contribution is -2.33. The number of hydrogen-bond acceptors (Lipinski definition) is 5. The minimum Gasteiger partial charge on any atom is -0.454 e. The molecule has 1 aliphatic heterocycles. The van der Waals surface area contributed by atoms with Crippen LogP contribution in [0.25, 0.3) is 76.5 Å². The quantitative estimate of drug-likeness (QED) is 0.194. The maximum atomic E-state index is 6.22. The molecule has 0 saturated heterocycles. The highest BCUT2D eigenvalue weighted by atomic mass is 16.3. The number of benzene rings is 8. The fourth-order valence-corrected chi connectivity index (χ4v) is 8.27. The Morgan fingerprint density at radius 2 is 1.11 bits per heavy atom. The van der Waals surface area contributed by atoms with Crippen LogP contribution in [0.2, 0.25) is 0 Å². The summed E-state index contributed by atoms with van der Waals surface area (Å²) in [5, 5.41) is 12.9. The van der Waals surface area contributed by atoms with Crippen LogP contribution in [0.3, 0.4) is 0 Å². The summed E-state index contributed by atoms with van der Waals surface area (Å²) >= 11 is 0. The minimum absolute atomic E-state index is 0.310. The molecular weight excluding hydrogens is 673 g/mol. The Balaban J connectivity index is 1.06. The van der Waals surface area contributed by atoms with Crippen LogP contribution in [-0.2, 0) is 0 Å². The van der Waals surface area contributed by atoms with E-state index >= 15 is 0 Å². The molecule has 0 aliphatic carbocycles. The Kier molecular flexibility index (Phi) is 7.17. The number of nitrogens with one attached hydrogen (secondary N) is 1. The van der Waals surface area contributed by atoms with Gasteiger partial charge in [0, 0.05) is 28.1 Å². The van der Waals surface area contributed by atoms with Crippen molar-refractivity contribution in [2.75, 3.05) is 0 Å². The first-order valence-corrected chi connectivity index (χ1v) is 18.5. The second kappa shape index (κ2) is 12.6. The minimum atomic E-state index is -0.310. The summed E-state index contributed by atoms with van der Waals surface area (Å²) in [5.74, 6) is 1.50. The fourth-order valence-electron chi connectivity index (χ4n) is 8.27. The molecule has 0 saturated carbocycles. The number of hydrogen-bond donors (Lipinski definition) is 1. The molecule has 1 unspecified atom stereocenters. The van der Waals surface area contributed by atoms with Gasteiger partial charge in [0.15, 0.2) is 11.4 Å². The first-order chi connectivity index (χ1) is 27.3. The molecule has 0 bridgehead atoms. The van der Waals surface area contributed by atoms with Gasteiger partial charge >= 0.3 is 0 Å². The van der Waals surface area contributed by atoms with Crippen LogP contribution in [0, 0.1) is 0 Å². The number of furan rings is 1. The molecule has 3 heterocycles. The van der Waals surface area contributed by atoms with E-state index in [1.54, 1.807) is 6.20 Å². The van der Waals surface area contributed by atoms with Gasteiger partial charge in [-0.15, -0.1) is 0 Å². The Hall–Kier alpha value is -7.37. The van der Waals surface area contributed by atoms with E-state index in [4.69, 9.17) is 14.4 Å². The molecule has 1 atom stereocenters. The fraction of sp³-hybridized carbons (Fsp3) is 0.0200. The van der Waals surface area contributed by atoms with Gasteiger partial charge in [0.05, 0.1) is 6.20 Å². The topological polar surface area (TPSA) is 62.8 Å². The predicted molar refractivity (Wildman–Crippen MR) is 227 cm³/mol. The van der Waals surface area contributed by atoms with Crippen LogP contribution < -0.4 is 5.32 Å². The van der Waals surface area contributed by atoms with Crippen molar-refractivity contribution in [2.24, 2.45) is 9.98 Å². The highest BCUT2D eigenvalue weighted by Crippen LogP contribution is 2.43. The van der Waals surface area contributed by atoms with E-state index < -0.39 is 0 Å². The van der Waals surface area contributed by atoms with E-state index in [9.17, 15) is 0 Å². The highest BCUT2D eigenvalue weighted by molar-refractivity contribution is 6.21. The molecule has 0 radical (unpaired) electrons. The Labute approximate surface area is 317 Å². The molecule has 5 nitrogen and oxygen atoms in total. The predicted octanol–water partition coefficient (Wildman–Crippen LogP) is 12.3. The molecule has 0 amide bonds. The Bertz CT molecular complexity index is 3200. The van der Waals surface area contributed by atoms with Crippen LogP contribution in [0.1, 0.15) is 22.9 Å². The number of nitrogens with zero attached hydrogens (tertiary/aromatic N) is 3. The molecule has 258 valence electrons. The summed E-state index contributed by atoms with van der Waals surface area (Å²) in [7, 11) is 0. The molecule has 1 aliphatic rings. The van der Waals surface area contributed by atoms with Gasteiger partial charge in [-0.3, -0.25) is 4.98 Å². The van der Waals surface area contributed by atoms with Crippen LogP contribution >= 0.6 is 0 Å². The number of fused-ring (bicyclic) bond motifs is 6. The van der Waals surface area contributed by atoms with Crippen molar-refractivity contribution in [2.45, 2.75) is 6.17 Å². The lowest BCUT2D eigenvalue weighted by molar-refractivity contribution is 0.667. The lowest BCUT2D eigenvalue weighted by atomic mass is 9.88. The SMILES string of the molecule is c1ccc(C2=NC(c3ccc4ccccc4c3)NC(c3ccc(-c4ccc(-c5cccc6oc7cnccc7c56)c5ccccc45)c4ccccc34)=N2)cc1. The summed E-state index contributed by atoms with van der Waals surface area (Å²) in [6.45, 7) is 0. The van der Waals surface area contributed by atoms with Crippen molar-refractivity contribution in [1.82, 2.24) is 10.3 Å². The van der Waals surface area contributed by atoms with Crippen molar-refractivity contribution in [1.29, 1.82) is 0 Å². The molecule has 10 aromatic rings. The van der Waals surface area contributed by atoms with Gasteiger partial charge in [-0.25, -0.2) is 9.98 Å². The molecule has 0 spiro atoms. The highest BCUT2D eigenvalue weighted by Gasteiger charge is 2.24. The maximum Gasteiger partial charge on any atom is 0.159 e. The standard InChI is InChI=1S/C50H32N4O/c1-2-12-32(13-3-1)48-52-49(34-22-21-31-11-4-5-14-33(31)29-34)54-50(53-48)43-26-25-40(37-17-8-9-18-38(37)43)39-23-24-41(36-16-7-6-15-35(36)39)42-19-10-20-45-47(42)44-27-28-51-30-46(44)55-45/h1-30,49H,(H,52,53,54). The van der Waals surface area contributed by atoms with Crippen molar-refractivity contribution >= 4 is 65.9 Å². The number of amidine groups is 2. The van der Waals surface area contributed by atoms with Crippen molar-refractivity contribution in [3.8, 4) is 22.3 Å². The average Bonchev–Trinajstić information content (AvgIpc) is 3.65. The summed E-state index contributed by atoms with van der Waals surface area (Å²) < 4.78 is 6.22. The monoisotopic (exact) mass is 704 g/mol. The van der Waals surface area contributed by atoms with Gasteiger partial charge in [0.1, 0.15) is 17.6 Å². The zero-order valence-electron chi connectivity index (χ0n) is 29.6. The van der Waals surface area contributed by atoms with E-state index in [-0.39, 0.29) is 6.17 Å². The largest absolute Gasteiger partial charge is 0.454 e. The summed E-state index contributed by atoms with van der Waals surface area (Å²) in [4.78, 5) is 14.7. The van der Waals surface area contributed by atoms with Gasteiger partial charge in [-0.05, 0) is 78.3 Å². The second-order valence-electron chi connectivity index (χ2n) is 14.0. The first kappa shape index (κ1) is 31.2. The summed E-state index contributed by atoms with van der Waals surface area (Å²) in [5.41, 5.74) is 9.40. The van der Waals surface area contributed by atoms with Gasteiger partial charge in [-0.1, -0.05) is 152 Å². The number of pyridine rings is 1. The van der Waals surface area contributed by atoms with Crippen molar-refractivity contribution < 1.29 is 4.42 Å². The third kappa shape index (κ3) is 5.20. The average molecular weight is 705 g/mol. The third-order valence-corrected chi connectivity index (χ3v) is 10.8. The molecule has 2 aromatic heterocycles. The van der Waals surface area contributed by atoms with E-state index in [0.29, 0.717) is 5.84 Å². The zero-order valence-corrected chi connectivity index (χ0v) is 29.6.